The molecule has 0 amide bonds. The molecule has 2 nitrogen and oxygen atoms in total. The van der Waals surface area contributed by atoms with E-state index in [0.717, 1.165) is 19.4 Å². The molecule has 3 rings (SSSR count). The average Bonchev–Trinajstić information content (AvgIpc) is 3.25. The maximum Gasteiger partial charge on any atom is 0.256 e. The zero-order valence-electron chi connectivity index (χ0n) is 22.5. The second-order valence-corrected chi connectivity index (χ2v) is 10.4. The molecule has 0 N–H and O–H groups in total. The Bertz CT molecular complexity index is 913. The smallest absolute Gasteiger partial charge is 0.237 e. The van der Waals surface area contributed by atoms with Crippen LogP contribution in [0.1, 0.15) is 107 Å². The number of unbranched alkanes of at least 4 members (excludes halogenated alkanes) is 10. The summed E-state index contributed by atoms with van der Waals surface area (Å²) in [6.07, 6.45) is 23.3. The minimum atomic E-state index is 0.545. The van der Waals surface area contributed by atoms with Crippen molar-refractivity contribution in [2.75, 3.05) is 0 Å². The molecule has 3 aromatic rings. The molecule has 0 aliphatic rings. The first-order valence-electron chi connectivity index (χ1n) is 14.4. The highest BCUT2D eigenvalue weighted by Crippen LogP contribution is 2.26. The number of hydrogen-bond acceptors (Lipinski definition) is 0. The van der Waals surface area contributed by atoms with Gasteiger partial charge in [-0.05, 0) is 42.7 Å². The molecule has 0 fully saturated rings. The maximum atomic E-state index is 2.51. The molecular weight excluding hydrogens is 424 g/mol. The fourth-order valence-corrected chi connectivity index (χ4v) is 5.34. The Balaban J connectivity index is 1.43. The van der Waals surface area contributed by atoms with Gasteiger partial charge in [-0.2, -0.15) is 0 Å². The van der Waals surface area contributed by atoms with Crippen molar-refractivity contribution >= 4 is 0 Å². The van der Waals surface area contributed by atoms with Gasteiger partial charge in [0.1, 0.15) is 12.4 Å². The van der Waals surface area contributed by atoms with Gasteiger partial charge >= 0.3 is 0 Å². The third-order valence-corrected chi connectivity index (χ3v) is 7.52. The summed E-state index contributed by atoms with van der Waals surface area (Å²) in [5.41, 5.74) is 2.89. The van der Waals surface area contributed by atoms with Crippen LogP contribution in [0.25, 0.3) is 0 Å². The molecular formula is C33H49N2+. The van der Waals surface area contributed by atoms with Gasteiger partial charge in [-0.15, -0.1) is 0 Å². The Morgan fingerprint density at radius 2 is 1.29 bits per heavy atom. The summed E-state index contributed by atoms with van der Waals surface area (Å²) in [6.45, 7) is 3.45. The number of imidazole rings is 1. The largest absolute Gasteiger partial charge is 0.256 e. The molecule has 0 bridgehead atoms. The molecule has 35 heavy (non-hydrogen) atoms. The molecule has 190 valence electrons. The maximum absolute atomic E-state index is 2.51. The first kappa shape index (κ1) is 27.2. The average molecular weight is 474 g/mol. The van der Waals surface area contributed by atoms with Crippen LogP contribution in [0.2, 0.25) is 0 Å². The Kier molecular flexibility index (Phi) is 12.7. The molecule has 0 unspecified atom stereocenters. The van der Waals surface area contributed by atoms with Crippen LogP contribution in [0.15, 0.2) is 73.1 Å². The SMILES string of the molecule is CCCCCCCCCCCCCn1cc[n+](C)c1CC[C@@H](Cc1ccccc1)c1ccccc1. The summed E-state index contributed by atoms with van der Waals surface area (Å²) in [5, 5.41) is 0. The highest BCUT2D eigenvalue weighted by Gasteiger charge is 2.19. The van der Waals surface area contributed by atoms with Crippen molar-refractivity contribution in [1.82, 2.24) is 4.57 Å². The van der Waals surface area contributed by atoms with Gasteiger partial charge in [-0.1, -0.05) is 125 Å². The van der Waals surface area contributed by atoms with Crippen LogP contribution in [-0.4, -0.2) is 4.57 Å². The number of hydrogen-bond donors (Lipinski definition) is 0. The molecule has 0 radical (unpaired) electrons. The molecule has 1 atom stereocenters. The van der Waals surface area contributed by atoms with E-state index in [4.69, 9.17) is 0 Å². The second-order valence-electron chi connectivity index (χ2n) is 10.4. The van der Waals surface area contributed by atoms with E-state index in [1.54, 1.807) is 0 Å². The lowest BCUT2D eigenvalue weighted by Gasteiger charge is -2.17. The van der Waals surface area contributed by atoms with Crippen LogP contribution in [0.3, 0.4) is 0 Å². The zero-order chi connectivity index (χ0) is 24.6. The lowest BCUT2D eigenvalue weighted by Crippen LogP contribution is -2.32. The summed E-state index contributed by atoms with van der Waals surface area (Å²) in [5.74, 6) is 2.01. The van der Waals surface area contributed by atoms with E-state index in [1.165, 1.54) is 94.0 Å². The molecule has 1 heterocycles. The zero-order valence-corrected chi connectivity index (χ0v) is 22.5. The minimum absolute atomic E-state index is 0.545. The quantitative estimate of drug-likeness (QED) is 0.129. The van der Waals surface area contributed by atoms with Crippen molar-refractivity contribution in [2.24, 2.45) is 7.05 Å². The number of rotatable bonds is 18. The van der Waals surface area contributed by atoms with E-state index in [2.05, 4.69) is 96.2 Å². The van der Waals surface area contributed by atoms with E-state index >= 15 is 0 Å². The minimum Gasteiger partial charge on any atom is -0.237 e. The van der Waals surface area contributed by atoms with Crippen molar-refractivity contribution in [3.8, 4) is 0 Å². The van der Waals surface area contributed by atoms with E-state index in [0.29, 0.717) is 5.92 Å². The number of aryl methyl sites for hydroxylation is 2. The van der Waals surface area contributed by atoms with Crippen LogP contribution in [0.4, 0.5) is 0 Å². The monoisotopic (exact) mass is 473 g/mol. The van der Waals surface area contributed by atoms with E-state index in [1.807, 2.05) is 0 Å². The van der Waals surface area contributed by atoms with Crippen LogP contribution in [0.5, 0.6) is 0 Å². The van der Waals surface area contributed by atoms with Crippen LogP contribution in [-0.2, 0) is 26.4 Å². The molecule has 2 aromatic carbocycles. The van der Waals surface area contributed by atoms with Crippen molar-refractivity contribution in [1.29, 1.82) is 0 Å². The molecule has 2 heteroatoms. The number of nitrogens with zero attached hydrogens (tertiary/aromatic N) is 2. The molecule has 0 aliphatic carbocycles. The highest BCUT2D eigenvalue weighted by molar-refractivity contribution is 5.24. The van der Waals surface area contributed by atoms with Gasteiger partial charge < -0.3 is 0 Å². The first-order chi connectivity index (χ1) is 17.3. The topological polar surface area (TPSA) is 8.81 Å². The molecule has 1 aromatic heterocycles. The first-order valence-corrected chi connectivity index (χ1v) is 14.4. The van der Waals surface area contributed by atoms with Gasteiger partial charge in [0.15, 0.2) is 0 Å². The van der Waals surface area contributed by atoms with Crippen LogP contribution in [0, 0.1) is 0 Å². The van der Waals surface area contributed by atoms with Crippen LogP contribution >= 0.6 is 0 Å². The Morgan fingerprint density at radius 3 is 1.91 bits per heavy atom. The summed E-state index contributed by atoms with van der Waals surface area (Å²) in [6, 6.07) is 22.1. The van der Waals surface area contributed by atoms with E-state index < -0.39 is 0 Å². The second kappa shape index (κ2) is 16.3. The van der Waals surface area contributed by atoms with E-state index in [-0.39, 0.29) is 0 Å². The van der Waals surface area contributed by atoms with Gasteiger partial charge in [-0.3, -0.25) is 0 Å². The van der Waals surface area contributed by atoms with Gasteiger partial charge in [0, 0.05) is 6.42 Å². The van der Waals surface area contributed by atoms with Gasteiger partial charge in [-0.25, -0.2) is 9.13 Å². The highest BCUT2D eigenvalue weighted by atomic mass is 15.1. The molecule has 0 aliphatic heterocycles. The van der Waals surface area contributed by atoms with Gasteiger partial charge in [0.05, 0.1) is 13.6 Å². The fourth-order valence-electron chi connectivity index (χ4n) is 5.34. The van der Waals surface area contributed by atoms with Gasteiger partial charge in [0.2, 0.25) is 0 Å². The lowest BCUT2D eigenvalue weighted by atomic mass is 9.88. The summed E-state index contributed by atoms with van der Waals surface area (Å²) in [7, 11) is 2.21. The third-order valence-electron chi connectivity index (χ3n) is 7.52. The van der Waals surface area contributed by atoms with Crippen molar-refractivity contribution in [3.63, 3.8) is 0 Å². The fraction of sp³-hybridized carbons (Fsp3) is 0.545. The third kappa shape index (κ3) is 10.0. The van der Waals surface area contributed by atoms with Crippen molar-refractivity contribution < 1.29 is 4.57 Å². The Labute approximate surface area is 215 Å². The lowest BCUT2D eigenvalue weighted by molar-refractivity contribution is -0.678. The van der Waals surface area contributed by atoms with Crippen LogP contribution < -0.4 is 4.57 Å². The summed E-state index contributed by atoms with van der Waals surface area (Å²) < 4.78 is 4.85. The molecule has 0 saturated carbocycles. The standard InChI is InChI=1S/C33H49N2/c1-3-4-5-6-7-8-9-10-11-12-19-26-35-28-27-34(2)33(35)25-24-32(31-22-17-14-18-23-31)29-30-20-15-13-16-21-30/h13-18,20-23,27-28,32H,3-12,19,24-26,29H2,1-2H3/q+1/t32-/m0/s1. The molecule has 0 spiro atoms. The normalized spacial score (nSPS) is 12.2. The summed E-state index contributed by atoms with van der Waals surface area (Å²) >= 11 is 0. The Hall–Kier alpha value is -2.35. The number of benzene rings is 2. The molecule has 0 saturated heterocycles. The van der Waals surface area contributed by atoms with Gasteiger partial charge in [0.25, 0.3) is 5.82 Å². The summed E-state index contributed by atoms with van der Waals surface area (Å²) in [4.78, 5) is 0. The Morgan fingerprint density at radius 1 is 0.714 bits per heavy atom. The predicted molar refractivity (Wildman–Crippen MR) is 150 cm³/mol. The number of aromatic nitrogens is 2. The van der Waals surface area contributed by atoms with Crippen molar-refractivity contribution in [2.45, 2.75) is 109 Å². The predicted octanol–water partition coefficient (Wildman–Crippen LogP) is 8.58. The van der Waals surface area contributed by atoms with Crippen molar-refractivity contribution in [3.05, 3.63) is 90.0 Å². The van der Waals surface area contributed by atoms with E-state index in [9.17, 15) is 0 Å².